The van der Waals surface area contributed by atoms with Gasteiger partial charge in [0.1, 0.15) is 0 Å². The number of hydrogen-bond donors (Lipinski definition) is 1. The van der Waals surface area contributed by atoms with E-state index in [-0.39, 0.29) is 12.2 Å². The molecule has 0 radical (unpaired) electrons. The highest BCUT2D eigenvalue weighted by atomic mass is 16.5. The summed E-state index contributed by atoms with van der Waals surface area (Å²) in [6.07, 6.45) is 9.27. The first-order valence-corrected chi connectivity index (χ1v) is 7.92. The topological polar surface area (TPSA) is 68.4 Å². The first kappa shape index (κ1) is 14.0. The van der Waals surface area contributed by atoms with Gasteiger partial charge in [-0.2, -0.15) is 4.98 Å². The van der Waals surface area contributed by atoms with Crippen molar-refractivity contribution in [2.24, 2.45) is 5.92 Å². The number of ether oxygens (including phenoxy) is 1. The van der Waals surface area contributed by atoms with Gasteiger partial charge in [-0.15, -0.1) is 0 Å². The van der Waals surface area contributed by atoms with Gasteiger partial charge < -0.3 is 14.4 Å². The summed E-state index contributed by atoms with van der Waals surface area (Å²) in [6, 6.07) is 0. The summed E-state index contributed by atoms with van der Waals surface area (Å²) in [6.45, 7) is 0.843. The molecule has 1 aliphatic carbocycles. The molecule has 1 aromatic heterocycles. The summed E-state index contributed by atoms with van der Waals surface area (Å²) in [7, 11) is 0. The van der Waals surface area contributed by atoms with Gasteiger partial charge in [0.2, 0.25) is 5.89 Å². The third-order valence-corrected chi connectivity index (χ3v) is 4.52. The lowest BCUT2D eigenvalue weighted by Crippen LogP contribution is -2.22. The van der Waals surface area contributed by atoms with E-state index in [1.54, 1.807) is 0 Å². The van der Waals surface area contributed by atoms with Crippen molar-refractivity contribution < 1.29 is 14.4 Å². The van der Waals surface area contributed by atoms with Crippen LogP contribution in [0.1, 0.15) is 56.7 Å². The number of aromatic nitrogens is 2. The van der Waals surface area contributed by atoms with E-state index in [9.17, 15) is 5.11 Å². The van der Waals surface area contributed by atoms with Gasteiger partial charge >= 0.3 is 0 Å². The van der Waals surface area contributed by atoms with Crippen LogP contribution in [-0.4, -0.2) is 34.1 Å². The Hall–Kier alpha value is -0.940. The van der Waals surface area contributed by atoms with Crippen molar-refractivity contribution in [3.05, 3.63) is 11.7 Å². The molecule has 5 heteroatoms. The van der Waals surface area contributed by atoms with Crippen molar-refractivity contribution in [3.63, 3.8) is 0 Å². The molecule has 3 rings (SSSR count). The molecule has 2 heterocycles. The van der Waals surface area contributed by atoms with Crippen molar-refractivity contribution in [3.8, 4) is 0 Å². The largest absolute Gasteiger partial charge is 0.392 e. The standard InChI is InChI=1S/C15H24N2O3/c18-13(11-5-1-2-6-11)10-15-16-14(17-20-15)9-12-7-3-4-8-19-12/h11-13,18H,1-10H2. The third kappa shape index (κ3) is 3.58. The number of rotatable bonds is 5. The molecule has 1 saturated carbocycles. The second kappa shape index (κ2) is 6.68. The lowest BCUT2D eigenvalue weighted by atomic mass is 9.98. The van der Waals surface area contributed by atoms with Gasteiger partial charge in [-0.05, 0) is 38.0 Å². The fraction of sp³-hybridized carbons (Fsp3) is 0.867. The maximum absolute atomic E-state index is 10.2. The molecule has 0 amide bonds. The predicted molar refractivity (Wildman–Crippen MR) is 73.3 cm³/mol. The first-order valence-electron chi connectivity index (χ1n) is 7.92. The molecule has 1 saturated heterocycles. The van der Waals surface area contributed by atoms with Crippen LogP contribution in [0.5, 0.6) is 0 Å². The Bertz CT molecular complexity index is 409. The maximum Gasteiger partial charge on any atom is 0.229 e. The normalized spacial score (nSPS) is 25.9. The SMILES string of the molecule is OC(Cc1nc(CC2CCCCO2)no1)C1CCCC1. The molecule has 2 aliphatic rings. The van der Waals surface area contributed by atoms with E-state index in [0.717, 1.165) is 38.7 Å². The summed E-state index contributed by atoms with van der Waals surface area (Å²) < 4.78 is 10.9. The highest BCUT2D eigenvalue weighted by molar-refractivity contribution is 4.92. The van der Waals surface area contributed by atoms with Gasteiger partial charge in [-0.1, -0.05) is 18.0 Å². The minimum atomic E-state index is -0.336. The Balaban J connectivity index is 1.50. The average molecular weight is 280 g/mol. The van der Waals surface area contributed by atoms with E-state index in [2.05, 4.69) is 10.1 Å². The molecule has 0 aromatic carbocycles. The molecule has 5 nitrogen and oxygen atoms in total. The monoisotopic (exact) mass is 280 g/mol. The molecule has 1 N–H and O–H groups in total. The second-order valence-corrected chi connectivity index (χ2v) is 6.11. The van der Waals surface area contributed by atoms with Crippen LogP contribution in [0.2, 0.25) is 0 Å². The van der Waals surface area contributed by atoms with Crippen molar-refractivity contribution in [2.45, 2.75) is 70.0 Å². The zero-order chi connectivity index (χ0) is 13.8. The second-order valence-electron chi connectivity index (χ2n) is 6.11. The summed E-state index contributed by atoms with van der Waals surface area (Å²) >= 11 is 0. The minimum Gasteiger partial charge on any atom is -0.392 e. The highest BCUT2D eigenvalue weighted by Crippen LogP contribution is 2.29. The van der Waals surface area contributed by atoms with Gasteiger partial charge in [0, 0.05) is 13.0 Å². The molecule has 0 bridgehead atoms. The Labute approximate surface area is 119 Å². The van der Waals surface area contributed by atoms with E-state index < -0.39 is 0 Å². The van der Waals surface area contributed by atoms with E-state index in [1.807, 2.05) is 0 Å². The molecule has 2 fully saturated rings. The van der Waals surface area contributed by atoms with Crippen LogP contribution in [0, 0.1) is 5.92 Å². The zero-order valence-corrected chi connectivity index (χ0v) is 12.0. The third-order valence-electron chi connectivity index (χ3n) is 4.52. The molecule has 20 heavy (non-hydrogen) atoms. The summed E-state index contributed by atoms with van der Waals surface area (Å²) in [5.41, 5.74) is 0. The van der Waals surface area contributed by atoms with Crippen molar-refractivity contribution in [1.82, 2.24) is 10.1 Å². The molecule has 2 unspecified atom stereocenters. The fourth-order valence-electron chi connectivity index (χ4n) is 3.32. The van der Waals surface area contributed by atoms with Gasteiger partial charge in [0.15, 0.2) is 5.82 Å². The zero-order valence-electron chi connectivity index (χ0n) is 12.0. The van der Waals surface area contributed by atoms with E-state index in [4.69, 9.17) is 9.26 Å². The molecular formula is C15H24N2O3. The Morgan fingerprint density at radius 3 is 2.70 bits per heavy atom. The van der Waals surface area contributed by atoms with Crippen molar-refractivity contribution in [2.75, 3.05) is 6.61 Å². The first-order chi connectivity index (χ1) is 9.81. The van der Waals surface area contributed by atoms with Crippen LogP contribution < -0.4 is 0 Å². The fourth-order valence-corrected chi connectivity index (χ4v) is 3.32. The number of aliphatic hydroxyl groups is 1. The summed E-state index contributed by atoms with van der Waals surface area (Å²) in [5, 5.41) is 14.2. The molecule has 2 atom stereocenters. The quantitative estimate of drug-likeness (QED) is 0.896. The van der Waals surface area contributed by atoms with E-state index in [1.165, 1.54) is 19.3 Å². The van der Waals surface area contributed by atoms with Crippen LogP contribution in [0.15, 0.2) is 4.52 Å². The van der Waals surface area contributed by atoms with Gasteiger partial charge in [-0.25, -0.2) is 0 Å². The van der Waals surface area contributed by atoms with Gasteiger partial charge in [-0.3, -0.25) is 0 Å². The molecule has 1 aliphatic heterocycles. The number of hydrogen-bond acceptors (Lipinski definition) is 5. The van der Waals surface area contributed by atoms with Gasteiger partial charge in [0.05, 0.1) is 18.6 Å². The highest BCUT2D eigenvalue weighted by Gasteiger charge is 2.25. The lowest BCUT2D eigenvalue weighted by Gasteiger charge is -2.20. The van der Waals surface area contributed by atoms with Crippen LogP contribution in [-0.2, 0) is 17.6 Å². The molecule has 112 valence electrons. The predicted octanol–water partition coefficient (Wildman–Crippen LogP) is 2.27. The van der Waals surface area contributed by atoms with Crippen molar-refractivity contribution >= 4 is 0 Å². The van der Waals surface area contributed by atoms with Crippen LogP contribution >= 0.6 is 0 Å². The van der Waals surface area contributed by atoms with Crippen LogP contribution in [0.3, 0.4) is 0 Å². The molecular weight excluding hydrogens is 256 g/mol. The lowest BCUT2D eigenvalue weighted by molar-refractivity contribution is 0.0153. The molecule has 0 spiro atoms. The number of aliphatic hydroxyl groups excluding tert-OH is 1. The Morgan fingerprint density at radius 2 is 1.95 bits per heavy atom. The minimum absolute atomic E-state index is 0.231. The van der Waals surface area contributed by atoms with Gasteiger partial charge in [0.25, 0.3) is 0 Å². The maximum atomic E-state index is 10.2. The van der Waals surface area contributed by atoms with Crippen LogP contribution in [0.25, 0.3) is 0 Å². The Kier molecular flexibility index (Phi) is 4.68. The van der Waals surface area contributed by atoms with E-state index in [0.29, 0.717) is 24.1 Å². The average Bonchev–Trinajstić information content (AvgIpc) is 3.11. The van der Waals surface area contributed by atoms with Crippen molar-refractivity contribution in [1.29, 1.82) is 0 Å². The smallest absolute Gasteiger partial charge is 0.229 e. The summed E-state index contributed by atoms with van der Waals surface area (Å²) in [4.78, 5) is 4.40. The number of nitrogens with zero attached hydrogens (tertiary/aromatic N) is 2. The van der Waals surface area contributed by atoms with Crippen LogP contribution in [0.4, 0.5) is 0 Å². The van der Waals surface area contributed by atoms with E-state index >= 15 is 0 Å². The summed E-state index contributed by atoms with van der Waals surface area (Å²) in [5.74, 6) is 1.69. The Morgan fingerprint density at radius 1 is 1.15 bits per heavy atom. The molecule has 1 aromatic rings.